The second-order valence-electron chi connectivity index (χ2n) is 21.5. The average molecular weight is 1260 g/mol. The summed E-state index contributed by atoms with van der Waals surface area (Å²) >= 11 is 1.39. The predicted molar refractivity (Wildman–Crippen MR) is 333 cm³/mol. The maximum absolute atomic E-state index is 14.5. The summed E-state index contributed by atoms with van der Waals surface area (Å²) in [6.07, 6.45) is 6.33. The topological polar surface area (TPSA) is 494 Å². The summed E-state index contributed by atoms with van der Waals surface area (Å²) in [4.78, 5) is 159. The highest BCUT2D eigenvalue weighted by atomic mass is 32.2. The Labute approximate surface area is 521 Å². The number of H-pyrrole nitrogens is 1. The lowest BCUT2D eigenvalue weighted by Crippen LogP contribution is -2.60. The molecule has 0 aliphatic heterocycles. The number of aliphatic imine (C=N–C) groups is 1. The van der Waals surface area contributed by atoms with E-state index in [2.05, 4.69) is 68.1 Å². The number of aliphatic carboxylic acids is 1. The molecule has 0 fully saturated rings. The van der Waals surface area contributed by atoms with Crippen LogP contribution in [0, 0.1) is 11.8 Å². The Morgan fingerprint density at radius 2 is 1.12 bits per heavy atom. The number of carbonyl (C=O) groups is 11. The van der Waals surface area contributed by atoms with Gasteiger partial charge in [0.15, 0.2) is 5.96 Å². The molecule has 0 bridgehead atoms. The first-order valence-electron chi connectivity index (χ1n) is 29.3. The molecule has 9 atom stereocenters. The molecular formula is C58H89N17O13S. The first-order chi connectivity index (χ1) is 42.3. The van der Waals surface area contributed by atoms with Crippen LogP contribution in [-0.2, 0) is 72.0 Å². The molecular weight excluding hydrogens is 1170 g/mol. The van der Waals surface area contributed by atoms with Crippen LogP contribution in [0.15, 0.2) is 72.1 Å². The van der Waals surface area contributed by atoms with Gasteiger partial charge in [-0.3, -0.25) is 52.9 Å². The molecule has 0 saturated carbocycles. The van der Waals surface area contributed by atoms with Gasteiger partial charge in [-0.25, -0.2) is 9.78 Å². The highest BCUT2D eigenvalue weighted by Crippen LogP contribution is 2.15. The maximum atomic E-state index is 14.5. The molecule has 3 rings (SSSR count). The van der Waals surface area contributed by atoms with Crippen LogP contribution in [0.4, 0.5) is 0 Å². The quantitative estimate of drug-likeness (QED) is 0.0152. The number of rotatable bonds is 41. The monoisotopic (exact) mass is 1260 g/mol. The van der Waals surface area contributed by atoms with E-state index in [1.807, 2.05) is 0 Å². The number of imidazole rings is 1. The van der Waals surface area contributed by atoms with E-state index in [1.165, 1.54) is 48.6 Å². The van der Waals surface area contributed by atoms with Gasteiger partial charge in [0.05, 0.1) is 32.0 Å². The predicted octanol–water partition coefficient (Wildman–Crippen LogP) is -3.06. The molecule has 0 aliphatic carbocycles. The Balaban J connectivity index is 1.79. The Bertz CT molecular complexity index is 2810. The zero-order valence-corrected chi connectivity index (χ0v) is 51.8. The van der Waals surface area contributed by atoms with Crippen molar-refractivity contribution in [3.8, 4) is 5.75 Å². The molecule has 30 nitrogen and oxygen atoms in total. The van der Waals surface area contributed by atoms with Gasteiger partial charge >= 0.3 is 5.97 Å². The molecule has 2 aromatic carbocycles. The molecule has 10 amide bonds. The van der Waals surface area contributed by atoms with E-state index in [0.29, 0.717) is 48.4 Å². The second-order valence-corrected chi connectivity index (χ2v) is 22.5. The van der Waals surface area contributed by atoms with E-state index in [0.717, 1.165) is 0 Å². The van der Waals surface area contributed by atoms with Crippen molar-refractivity contribution in [3.63, 3.8) is 0 Å². The summed E-state index contributed by atoms with van der Waals surface area (Å²) in [6, 6.07) is 4.35. The number of guanidine groups is 1. The fourth-order valence-electron chi connectivity index (χ4n) is 8.77. The van der Waals surface area contributed by atoms with Crippen molar-refractivity contribution in [1.82, 2.24) is 63.1 Å². The number of aromatic amines is 1. The number of aromatic nitrogens is 2. The molecule has 0 aliphatic rings. The van der Waals surface area contributed by atoms with Crippen LogP contribution in [0.1, 0.15) is 89.5 Å². The Kier molecular flexibility index (Phi) is 33.3. The second kappa shape index (κ2) is 39.8. The van der Waals surface area contributed by atoms with Gasteiger partial charge in [0.25, 0.3) is 0 Å². The smallest absolute Gasteiger partial charge is 0.326 e. The van der Waals surface area contributed by atoms with Gasteiger partial charge in [-0.05, 0) is 92.2 Å². The van der Waals surface area contributed by atoms with Gasteiger partial charge in [-0.1, -0.05) is 76.6 Å². The van der Waals surface area contributed by atoms with Crippen molar-refractivity contribution in [2.75, 3.05) is 44.7 Å². The number of carboxylic acids is 1. The van der Waals surface area contributed by atoms with E-state index < -0.39 is 145 Å². The number of unbranched alkanes of at least 4 members (excludes halogenated alkanes) is 1. The Hall–Kier alpha value is -8.84. The summed E-state index contributed by atoms with van der Waals surface area (Å²) in [7, 11) is 0. The van der Waals surface area contributed by atoms with Gasteiger partial charge in [0, 0.05) is 37.7 Å². The SMILES string of the molecule is CC[C@H](C)[C@H](NC(=O)CNC(=O)[C@@H](NC(=O)[C@H](CCCN=C(N)N)NC(=O)CNC(=O)[C@@H](N)Cc1cnc[nH]1)C(C)C)C(=O)N[C@@H](Cc1ccc(O)cc1)C(=O)N[C@@H](Cc1ccccc1)C(=O)NCC(=O)N[C@@H](CCSC)C(=O)N[C@@H](CCCCN)C(=O)O. The normalized spacial score (nSPS) is 14.0. The summed E-state index contributed by atoms with van der Waals surface area (Å²) in [5, 5.41) is 45.6. The van der Waals surface area contributed by atoms with Crippen molar-refractivity contribution >= 4 is 82.8 Å². The van der Waals surface area contributed by atoms with Gasteiger partial charge in [0.1, 0.15) is 48.0 Å². The summed E-state index contributed by atoms with van der Waals surface area (Å²) < 4.78 is 0. The van der Waals surface area contributed by atoms with Crippen molar-refractivity contribution in [1.29, 1.82) is 0 Å². The van der Waals surface area contributed by atoms with E-state index in [4.69, 9.17) is 22.9 Å². The largest absolute Gasteiger partial charge is 0.508 e. The molecule has 3 aromatic rings. The third-order valence-electron chi connectivity index (χ3n) is 14.0. The van der Waals surface area contributed by atoms with E-state index >= 15 is 0 Å². The van der Waals surface area contributed by atoms with Crippen LogP contribution < -0.4 is 76.1 Å². The molecule has 21 N–H and O–H groups in total. The minimum atomic E-state index is -1.43. The first kappa shape index (κ1) is 74.4. The third-order valence-corrected chi connectivity index (χ3v) is 14.6. The van der Waals surface area contributed by atoms with Gasteiger partial charge < -0.3 is 91.3 Å². The summed E-state index contributed by atoms with van der Waals surface area (Å²) in [5.74, 6) is -10.1. The van der Waals surface area contributed by atoms with E-state index in [9.17, 15) is 63.0 Å². The minimum absolute atomic E-state index is 0.00241. The van der Waals surface area contributed by atoms with Gasteiger partial charge in [-0.15, -0.1) is 0 Å². The molecule has 0 unspecified atom stereocenters. The van der Waals surface area contributed by atoms with Crippen LogP contribution in [0.3, 0.4) is 0 Å². The molecule has 31 heteroatoms. The fraction of sp³-hybridized carbons (Fsp3) is 0.534. The van der Waals surface area contributed by atoms with Crippen LogP contribution >= 0.6 is 11.8 Å². The number of aromatic hydroxyl groups is 1. The van der Waals surface area contributed by atoms with Crippen molar-refractivity contribution < 1.29 is 63.0 Å². The van der Waals surface area contributed by atoms with Crippen LogP contribution in [0.2, 0.25) is 0 Å². The number of carbonyl (C=O) groups excluding carboxylic acids is 10. The van der Waals surface area contributed by atoms with E-state index in [1.54, 1.807) is 64.3 Å². The van der Waals surface area contributed by atoms with Crippen molar-refractivity contribution in [2.45, 2.75) is 140 Å². The number of carboxylic acid groups (broad SMARTS) is 1. The number of nitrogens with zero attached hydrogens (tertiary/aromatic N) is 2. The highest BCUT2D eigenvalue weighted by molar-refractivity contribution is 7.98. The number of thioether (sulfide) groups is 1. The summed E-state index contributed by atoms with van der Waals surface area (Å²) in [6.45, 7) is 5.24. The summed E-state index contributed by atoms with van der Waals surface area (Å²) in [5.41, 5.74) is 24.1. The number of nitrogens with one attached hydrogen (secondary N) is 11. The average Bonchev–Trinajstić information content (AvgIpc) is 4.05. The standard InChI is InChI=1S/C58H89N17O13S/c1-6-34(4)49(74-47(79)31-67-55(85)48(33(2)3)75-53(83)40(16-12-23-64-58(61)62)69-45(77)29-65-50(80)39(60)27-37-28-63-32-68-37)56(86)73-44(26-36-17-19-38(76)20-18-36)54(84)72-43(25-35-13-8-7-9-14-35)51(81)66-30-46(78)70-41(21-24-89-5)52(82)71-42(57(87)88)15-10-11-22-59/h7-9,13-14,17-20,28,32-34,39-44,48-49,76H,6,10-12,15-16,21-27,29-31,59-60H2,1-5H3,(H,63,68)(H,65,80)(H,66,81)(H,67,85)(H,69,77)(H,70,78)(H,71,82)(H,72,84)(H,73,86)(H,74,79)(H,75,83)(H,87,88)(H4,61,62,64)/t34-,39-,40-,41-,42-,43-,44-,48-,49-/m0/s1. The van der Waals surface area contributed by atoms with Crippen LogP contribution in [0.25, 0.3) is 0 Å². The van der Waals surface area contributed by atoms with Crippen molar-refractivity contribution in [2.24, 2.45) is 39.8 Å². The molecule has 0 spiro atoms. The molecule has 1 aromatic heterocycles. The fourth-order valence-corrected chi connectivity index (χ4v) is 9.24. The number of amides is 10. The molecule has 0 saturated heterocycles. The maximum Gasteiger partial charge on any atom is 0.326 e. The molecule has 1 heterocycles. The number of benzene rings is 2. The van der Waals surface area contributed by atoms with Crippen LogP contribution in [-0.4, -0.2) is 184 Å². The van der Waals surface area contributed by atoms with Gasteiger partial charge in [0.2, 0.25) is 59.1 Å². The van der Waals surface area contributed by atoms with Crippen molar-refractivity contribution in [3.05, 3.63) is 83.9 Å². The minimum Gasteiger partial charge on any atom is -0.508 e. The lowest BCUT2D eigenvalue weighted by atomic mass is 9.97. The Morgan fingerprint density at radius 1 is 0.596 bits per heavy atom. The lowest BCUT2D eigenvalue weighted by Gasteiger charge is -2.28. The van der Waals surface area contributed by atoms with Crippen LogP contribution in [0.5, 0.6) is 5.75 Å². The number of phenols is 1. The third kappa shape index (κ3) is 28.3. The first-order valence-corrected chi connectivity index (χ1v) is 30.7. The number of phenolic OH excluding ortho intramolecular Hbond substituents is 1. The molecule has 89 heavy (non-hydrogen) atoms. The molecule has 490 valence electrons. The number of hydrogen-bond donors (Lipinski definition) is 17. The number of nitrogens with two attached hydrogens (primary N) is 4. The van der Waals surface area contributed by atoms with Gasteiger partial charge in [-0.2, -0.15) is 11.8 Å². The molecule has 0 radical (unpaired) electrons. The number of hydrogen-bond acceptors (Lipinski definition) is 17. The highest BCUT2D eigenvalue weighted by Gasteiger charge is 2.34. The Morgan fingerprint density at radius 3 is 1.69 bits per heavy atom. The zero-order valence-electron chi connectivity index (χ0n) is 50.9. The zero-order chi connectivity index (χ0) is 66.0. The lowest BCUT2D eigenvalue weighted by molar-refractivity contribution is -0.142. The van der Waals surface area contributed by atoms with E-state index in [-0.39, 0.29) is 63.2 Å².